The fourth-order valence-electron chi connectivity index (χ4n) is 3.45. The van der Waals surface area contributed by atoms with E-state index in [4.69, 9.17) is 0 Å². The van der Waals surface area contributed by atoms with E-state index in [0.29, 0.717) is 19.0 Å². The lowest BCUT2D eigenvalue weighted by Crippen LogP contribution is -2.41. The maximum Gasteiger partial charge on any atom is 0.215 e. The summed E-state index contributed by atoms with van der Waals surface area (Å²) in [6, 6.07) is 6.32. The molecule has 10 heteroatoms. The molecule has 3 rings (SSSR count). The summed E-state index contributed by atoms with van der Waals surface area (Å²) < 4.78 is 26.5. The lowest BCUT2D eigenvalue weighted by molar-refractivity contribution is 0.444. The van der Waals surface area contributed by atoms with Crippen molar-refractivity contribution in [1.29, 1.82) is 0 Å². The molecule has 30 heavy (non-hydrogen) atoms. The van der Waals surface area contributed by atoms with Crippen molar-refractivity contribution < 1.29 is 8.42 Å². The lowest BCUT2D eigenvalue weighted by atomic mass is 10.1. The smallest absolute Gasteiger partial charge is 0.215 e. The fourth-order valence-corrected chi connectivity index (χ4v) is 5.91. The number of aromatic amines is 1. The highest BCUT2D eigenvalue weighted by molar-refractivity contribution is 14.0. The molecule has 1 fully saturated rings. The number of sulfonamides is 1. The summed E-state index contributed by atoms with van der Waals surface area (Å²) in [4.78, 5) is 7.82. The second-order valence-corrected chi connectivity index (χ2v) is 10.4. The summed E-state index contributed by atoms with van der Waals surface area (Å²) in [6.07, 6.45) is 2.92. The number of hydrogen-bond donors (Lipinski definition) is 3. The predicted molar refractivity (Wildman–Crippen MR) is 139 cm³/mol. The number of benzene rings is 1. The molecule has 1 aliphatic heterocycles. The third kappa shape index (κ3) is 6.76. The number of para-hydroxylation sites is 1. The van der Waals surface area contributed by atoms with Gasteiger partial charge in [-0.2, -0.15) is 11.8 Å². The van der Waals surface area contributed by atoms with Crippen molar-refractivity contribution in [3.63, 3.8) is 0 Å². The van der Waals surface area contributed by atoms with Crippen LogP contribution in [0, 0.1) is 6.92 Å². The molecule has 2 aromatic rings. The molecular weight excluding hydrogens is 533 g/mol. The van der Waals surface area contributed by atoms with Gasteiger partial charge < -0.3 is 15.6 Å². The van der Waals surface area contributed by atoms with Crippen molar-refractivity contribution in [2.75, 3.05) is 50.0 Å². The number of hydrogen-bond acceptors (Lipinski definition) is 4. The van der Waals surface area contributed by atoms with E-state index in [1.165, 1.54) is 22.0 Å². The molecule has 2 heterocycles. The molecule has 3 N–H and O–H groups in total. The van der Waals surface area contributed by atoms with Gasteiger partial charge in [-0.1, -0.05) is 18.2 Å². The van der Waals surface area contributed by atoms with Gasteiger partial charge >= 0.3 is 0 Å². The number of aromatic nitrogens is 1. The number of fused-ring (bicyclic) bond motifs is 1. The van der Waals surface area contributed by atoms with Crippen LogP contribution in [0.5, 0.6) is 0 Å². The maximum absolute atomic E-state index is 12.4. The molecule has 0 spiro atoms. The largest absolute Gasteiger partial charge is 0.361 e. The van der Waals surface area contributed by atoms with Crippen LogP contribution in [-0.2, 0) is 16.4 Å². The van der Waals surface area contributed by atoms with Crippen molar-refractivity contribution in [2.45, 2.75) is 20.3 Å². The standard InChI is InChI=1S/C20H31N5O2S2.HI/c1-3-21-20(23-9-14-29(26,27)25-10-12-28-13-11-25)22-8-7-17-15-24-19-16(2)5-4-6-18(17)19;/h4-6,15,24H,3,7-14H2,1-2H3,(H2,21,22,23);1H. The fraction of sp³-hybridized carbons (Fsp3) is 0.550. The first-order chi connectivity index (χ1) is 14.0. The molecule has 0 aliphatic carbocycles. The van der Waals surface area contributed by atoms with E-state index < -0.39 is 10.0 Å². The monoisotopic (exact) mass is 565 g/mol. The average molecular weight is 566 g/mol. The van der Waals surface area contributed by atoms with Crippen LogP contribution in [0.1, 0.15) is 18.1 Å². The molecule has 7 nitrogen and oxygen atoms in total. The van der Waals surface area contributed by atoms with E-state index in [2.05, 4.69) is 51.9 Å². The topological polar surface area (TPSA) is 89.6 Å². The Hall–Kier alpha value is -0.980. The number of aliphatic imine (C=N–C) groups is 1. The number of rotatable bonds is 8. The maximum atomic E-state index is 12.4. The first-order valence-electron chi connectivity index (χ1n) is 10.1. The molecule has 0 atom stereocenters. The predicted octanol–water partition coefficient (Wildman–Crippen LogP) is 2.57. The summed E-state index contributed by atoms with van der Waals surface area (Å²) in [7, 11) is -3.23. The minimum Gasteiger partial charge on any atom is -0.361 e. The first-order valence-corrected chi connectivity index (χ1v) is 12.9. The van der Waals surface area contributed by atoms with Gasteiger partial charge in [0.15, 0.2) is 5.96 Å². The third-order valence-electron chi connectivity index (χ3n) is 5.02. The van der Waals surface area contributed by atoms with Crippen LogP contribution in [-0.4, -0.2) is 73.6 Å². The van der Waals surface area contributed by atoms with Crippen molar-refractivity contribution in [2.24, 2.45) is 4.99 Å². The highest BCUT2D eigenvalue weighted by atomic mass is 127. The third-order valence-corrected chi connectivity index (χ3v) is 7.82. The summed E-state index contributed by atoms with van der Waals surface area (Å²) in [5, 5.41) is 7.76. The number of halogens is 1. The van der Waals surface area contributed by atoms with Gasteiger partial charge in [-0.3, -0.25) is 4.99 Å². The highest BCUT2D eigenvalue weighted by Gasteiger charge is 2.23. The summed E-state index contributed by atoms with van der Waals surface area (Å²) in [5.41, 5.74) is 3.69. The van der Waals surface area contributed by atoms with Crippen LogP contribution in [0.25, 0.3) is 10.9 Å². The van der Waals surface area contributed by atoms with Crippen LogP contribution in [0.4, 0.5) is 0 Å². The second-order valence-electron chi connectivity index (χ2n) is 7.08. The lowest BCUT2D eigenvalue weighted by Gasteiger charge is -2.25. The normalized spacial score (nSPS) is 15.7. The van der Waals surface area contributed by atoms with Crippen LogP contribution >= 0.6 is 35.7 Å². The zero-order valence-corrected chi connectivity index (χ0v) is 21.6. The molecule has 0 amide bonds. The van der Waals surface area contributed by atoms with Gasteiger partial charge in [0, 0.05) is 54.8 Å². The highest BCUT2D eigenvalue weighted by Crippen LogP contribution is 2.21. The Morgan fingerprint density at radius 3 is 2.77 bits per heavy atom. The zero-order valence-electron chi connectivity index (χ0n) is 17.6. The Morgan fingerprint density at radius 1 is 1.27 bits per heavy atom. The van der Waals surface area contributed by atoms with Gasteiger partial charge in [0.1, 0.15) is 0 Å². The molecule has 1 aromatic heterocycles. The quantitative estimate of drug-likeness (QED) is 0.260. The Kier molecular flexibility index (Phi) is 10.2. The molecule has 0 unspecified atom stereocenters. The van der Waals surface area contributed by atoms with Crippen LogP contribution < -0.4 is 10.6 Å². The SMILES string of the molecule is CCNC(=NCCS(=O)(=O)N1CCSCC1)NCCc1c[nH]c2c(C)cccc12.I. The molecule has 1 aromatic carbocycles. The first kappa shape index (κ1) is 25.3. The number of nitrogens with one attached hydrogen (secondary N) is 3. The number of nitrogens with zero attached hydrogens (tertiary/aromatic N) is 2. The van der Waals surface area contributed by atoms with E-state index in [0.717, 1.165) is 31.0 Å². The van der Waals surface area contributed by atoms with E-state index in [-0.39, 0.29) is 36.3 Å². The Morgan fingerprint density at radius 2 is 2.03 bits per heavy atom. The van der Waals surface area contributed by atoms with Crippen molar-refractivity contribution in [3.05, 3.63) is 35.5 Å². The van der Waals surface area contributed by atoms with Crippen LogP contribution in [0.2, 0.25) is 0 Å². The summed E-state index contributed by atoms with van der Waals surface area (Å²) in [5.74, 6) is 2.46. The Balaban J connectivity index is 0.00000320. The molecule has 1 saturated heterocycles. The van der Waals surface area contributed by atoms with Crippen molar-refractivity contribution >= 4 is 62.6 Å². The Labute approximate surface area is 200 Å². The summed E-state index contributed by atoms with van der Waals surface area (Å²) >= 11 is 1.80. The van der Waals surface area contributed by atoms with Gasteiger partial charge in [-0.25, -0.2) is 12.7 Å². The number of guanidine groups is 1. The van der Waals surface area contributed by atoms with Crippen LogP contribution in [0.3, 0.4) is 0 Å². The van der Waals surface area contributed by atoms with E-state index >= 15 is 0 Å². The van der Waals surface area contributed by atoms with Gasteiger partial charge in [-0.05, 0) is 31.4 Å². The van der Waals surface area contributed by atoms with Crippen LogP contribution in [0.15, 0.2) is 29.4 Å². The molecule has 168 valence electrons. The minimum absolute atomic E-state index is 0. The van der Waals surface area contributed by atoms with E-state index in [9.17, 15) is 8.42 Å². The zero-order chi connectivity index (χ0) is 20.7. The number of H-pyrrole nitrogens is 1. The minimum atomic E-state index is -3.23. The molecular formula is C20H32IN5O2S2. The van der Waals surface area contributed by atoms with Gasteiger partial charge in [0.2, 0.25) is 10.0 Å². The van der Waals surface area contributed by atoms with Gasteiger partial charge in [0.05, 0.1) is 12.3 Å². The number of thioether (sulfide) groups is 1. The van der Waals surface area contributed by atoms with E-state index in [1.54, 1.807) is 16.1 Å². The molecule has 0 saturated carbocycles. The second kappa shape index (κ2) is 12.2. The summed E-state index contributed by atoms with van der Waals surface area (Å²) in [6.45, 7) is 7.04. The Bertz CT molecular complexity index is 940. The van der Waals surface area contributed by atoms with Crippen molar-refractivity contribution in [1.82, 2.24) is 19.9 Å². The average Bonchev–Trinajstić information content (AvgIpc) is 3.13. The molecule has 0 bridgehead atoms. The molecule has 0 radical (unpaired) electrons. The van der Waals surface area contributed by atoms with Gasteiger partial charge in [-0.15, -0.1) is 24.0 Å². The van der Waals surface area contributed by atoms with E-state index in [1.807, 2.05) is 6.92 Å². The van der Waals surface area contributed by atoms with Crippen molar-refractivity contribution in [3.8, 4) is 0 Å². The molecule has 1 aliphatic rings. The number of aryl methyl sites for hydroxylation is 1. The van der Waals surface area contributed by atoms with Gasteiger partial charge in [0.25, 0.3) is 0 Å².